The van der Waals surface area contributed by atoms with Gasteiger partial charge in [-0.25, -0.2) is 4.39 Å². The van der Waals surface area contributed by atoms with Crippen LogP contribution in [0.5, 0.6) is 5.75 Å². The smallest absolute Gasteiger partial charge is 0.258 e. The van der Waals surface area contributed by atoms with E-state index in [1.54, 1.807) is 0 Å². The van der Waals surface area contributed by atoms with Crippen LogP contribution in [0.25, 0.3) is 0 Å². The lowest BCUT2D eigenvalue weighted by Gasteiger charge is -2.49. The number of nitrogens with one attached hydrogen (secondary N) is 1. The number of aliphatic hydroxyl groups excluding tert-OH is 1. The van der Waals surface area contributed by atoms with Crippen LogP contribution in [0.3, 0.4) is 0 Å². The second-order valence-electron chi connectivity index (χ2n) is 5.23. The molecule has 1 saturated carbocycles. The van der Waals surface area contributed by atoms with Crippen molar-refractivity contribution in [1.82, 2.24) is 5.32 Å². The molecule has 1 aliphatic carbocycles. The van der Waals surface area contributed by atoms with Crippen LogP contribution in [0.1, 0.15) is 30.6 Å². The molecule has 5 heteroatoms. The Morgan fingerprint density at radius 2 is 2.17 bits per heavy atom. The van der Waals surface area contributed by atoms with Gasteiger partial charge in [-0.3, -0.25) is 4.79 Å². The van der Waals surface area contributed by atoms with Crippen LogP contribution in [0.2, 0.25) is 0 Å². The highest BCUT2D eigenvalue weighted by atomic mass is 19.1. The van der Waals surface area contributed by atoms with Gasteiger partial charge in [0, 0.05) is 11.5 Å². The second-order valence-corrected chi connectivity index (χ2v) is 5.23. The van der Waals surface area contributed by atoms with Crippen molar-refractivity contribution in [3.63, 3.8) is 0 Å². The number of rotatable bonds is 2. The molecule has 0 heterocycles. The molecule has 1 aliphatic rings. The largest absolute Gasteiger partial charge is 0.507 e. The number of phenolic OH excluding ortho intramolecular Hbond substituents is 1. The number of carbonyl (C=O) groups is 1. The van der Waals surface area contributed by atoms with Gasteiger partial charge in [0.25, 0.3) is 5.91 Å². The van der Waals surface area contributed by atoms with Crippen molar-refractivity contribution >= 4 is 5.91 Å². The van der Waals surface area contributed by atoms with Gasteiger partial charge >= 0.3 is 0 Å². The maximum atomic E-state index is 13.5. The van der Waals surface area contributed by atoms with Gasteiger partial charge in [0.15, 0.2) is 0 Å². The zero-order chi connectivity index (χ0) is 13.5. The molecule has 0 radical (unpaired) electrons. The predicted octanol–water partition coefficient (Wildman–Crippen LogP) is 1.42. The fourth-order valence-corrected chi connectivity index (χ4v) is 2.12. The van der Waals surface area contributed by atoms with E-state index in [2.05, 4.69) is 5.32 Å². The number of hydrogen-bond donors (Lipinski definition) is 3. The first kappa shape index (κ1) is 12.8. The third-order valence-electron chi connectivity index (χ3n) is 3.74. The van der Waals surface area contributed by atoms with Crippen molar-refractivity contribution in [3.8, 4) is 5.75 Å². The maximum absolute atomic E-state index is 13.5. The van der Waals surface area contributed by atoms with Crippen LogP contribution in [-0.4, -0.2) is 28.3 Å². The molecule has 18 heavy (non-hydrogen) atoms. The highest BCUT2D eigenvalue weighted by Crippen LogP contribution is 2.40. The molecule has 98 valence electrons. The van der Waals surface area contributed by atoms with Crippen molar-refractivity contribution < 1.29 is 19.4 Å². The van der Waals surface area contributed by atoms with Crippen molar-refractivity contribution in [1.29, 1.82) is 0 Å². The molecule has 1 aromatic carbocycles. The van der Waals surface area contributed by atoms with E-state index in [4.69, 9.17) is 0 Å². The van der Waals surface area contributed by atoms with Crippen molar-refractivity contribution in [2.45, 2.75) is 32.4 Å². The minimum absolute atomic E-state index is 0.223. The highest BCUT2D eigenvalue weighted by molar-refractivity contribution is 5.97. The summed E-state index contributed by atoms with van der Waals surface area (Å²) in [6.07, 6.45) is -0.0365. The van der Waals surface area contributed by atoms with Gasteiger partial charge in [-0.2, -0.15) is 0 Å². The van der Waals surface area contributed by atoms with E-state index in [0.29, 0.717) is 6.42 Å². The van der Waals surface area contributed by atoms with Gasteiger partial charge in [0.05, 0.1) is 6.10 Å². The molecule has 0 saturated heterocycles. The fourth-order valence-electron chi connectivity index (χ4n) is 2.12. The lowest BCUT2D eigenvalue weighted by atomic mass is 9.64. The SMILES string of the molecule is CC1(C)C(O)CC1NC(=O)c1c(O)cccc1F. The third-order valence-corrected chi connectivity index (χ3v) is 3.74. The highest BCUT2D eigenvalue weighted by Gasteiger charge is 2.48. The van der Waals surface area contributed by atoms with E-state index in [1.807, 2.05) is 13.8 Å². The van der Waals surface area contributed by atoms with E-state index in [9.17, 15) is 19.4 Å². The standard InChI is InChI=1S/C13H16FNO3/c1-13(2)9(6-10(13)17)15-12(18)11-7(14)4-3-5-8(11)16/h3-5,9-10,16-17H,6H2,1-2H3,(H,15,18). The van der Waals surface area contributed by atoms with Gasteiger partial charge in [-0.05, 0) is 18.6 Å². The zero-order valence-corrected chi connectivity index (χ0v) is 10.3. The van der Waals surface area contributed by atoms with Crippen molar-refractivity contribution in [3.05, 3.63) is 29.6 Å². The number of amides is 1. The molecular weight excluding hydrogens is 237 g/mol. The third kappa shape index (κ3) is 1.95. The minimum atomic E-state index is -0.759. The number of aromatic hydroxyl groups is 1. The summed E-state index contributed by atoms with van der Waals surface area (Å²) in [5.74, 6) is -1.80. The average Bonchev–Trinajstić information content (AvgIpc) is 2.28. The van der Waals surface area contributed by atoms with Crippen LogP contribution >= 0.6 is 0 Å². The molecule has 2 unspecified atom stereocenters. The van der Waals surface area contributed by atoms with Gasteiger partial charge < -0.3 is 15.5 Å². The summed E-state index contributed by atoms with van der Waals surface area (Å²) in [5, 5.41) is 21.7. The molecule has 1 fully saturated rings. The Balaban J connectivity index is 2.14. The Hall–Kier alpha value is -1.62. The quantitative estimate of drug-likeness (QED) is 0.746. The topological polar surface area (TPSA) is 69.6 Å². The number of halogens is 1. The van der Waals surface area contributed by atoms with Gasteiger partial charge in [0.1, 0.15) is 17.1 Å². The Kier molecular flexibility index (Phi) is 3.02. The molecule has 0 bridgehead atoms. The predicted molar refractivity (Wildman–Crippen MR) is 63.7 cm³/mol. The summed E-state index contributed by atoms with van der Waals surface area (Å²) >= 11 is 0. The first-order valence-electron chi connectivity index (χ1n) is 5.80. The molecule has 1 amide bonds. The molecule has 3 N–H and O–H groups in total. The van der Waals surface area contributed by atoms with E-state index in [1.165, 1.54) is 12.1 Å². The Labute approximate surface area is 104 Å². The minimum Gasteiger partial charge on any atom is -0.507 e. The van der Waals surface area contributed by atoms with Gasteiger partial charge in [0.2, 0.25) is 0 Å². The van der Waals surface area contributed by atoms with E-state index >= 15 is 0 Å². The van der Waals surface area contributed by atoms with Gasteiger partial charge in [-0.1, -0.05) is 19.9 Å². The molecule has 0 aromatic heterocycles. The Bertz CT molecular complexity index is 467. The van der Waals surface area contributed by atoms with Crippen LogP contribution in [-0.2, 0) is 0 Å². The summed E-state index contributed by atoms with van der Waals surface area (Å²) in [7, 11) is 0. The number of aliphatic hydroxyl groups is 1. The van der Waals surface area contributed by atoms with Crippen LogP contribution < -0.4 is 5.32 Å². The first-order chi connectivity index (χ1) is 8.34. The number of benzene rings is 1. The molecule has 0 aliphatic heterocycles. The van der Waals surface area contributed by atoms with E-state index in [-0.39, 0.29) is 17.4 Å². The summed E-state index contributed by atoms with van der Waals surface area (Å²) in [5.41, 5.74) is -0.786. The average molecular weight is 253 g/mol. The van der Waals surface area contributed by atoms with Crippen molar-refractivity contribution in [2.24, 2.45) is 5.41 Å². The fraction of sp³-hybridized carbons (Fsp3) is 0.462. The lowest BCUT2D eigenvalue weighted by Crippen LogP contribution is -2.61. The molecule has 1 aromatic rings. The van der Waals surface area contributed by atoms with Gasteiger partial charge in [-0.15, -0.1) is 0 Å². The number of carbonyl (C=O) groups excluding carboxylic acids is 1. The summed E-state index contributed by atoms with van der Waals surface area (Å²) in [4.78, 5) is 11.9. The summed E-state index contributed by atoms with van der Waals surface area (Å²) in [6.45, 7) is 3.65. The summed E-state index contributed by atoms with van der Waals surface area (Å²) < 4.78 is 13.5. The molecular formula is C13H16FNO3. The van der Waals surface area contributed by atoms with Crippen LogP contribution in [0, 0.1) is 11.2 Å². The maximum Gasteiger partial charge on any atom is 0.258 e. The lowest BCUT2D eigenvalue weighted by molar-refractivity contribution is -0.0690. The van der Waals surface area contributed by atoms with E-state index in [0.717, 1.165) is 6.07 Å². The monoisotopic (exact) mass is 253 g/mol. The van der Waals surface area contributed by atoms with Crippen molar-refractivity contribution in [2.75, 3.05) is 0 Å². The summed E-state index contributed by atoms with van der Waals surface area (Å²) in [6, 6.07) is 3.49. The van der Waals surface area contributed by atoms with Crippen LogP contribution in [0.4, 0.5) is 4.39 Å². The molecule has 0 spiro atoms. The zero-order valence-electron chi connectivity index (χ0n) is 10.3. The second kappa shape index (κ2) is 4.24. The number of hydrogen-bond acceptors (Lipinski definition) is 3. The Morgan fingerprint density at radius 1 is 1.50 bits per heavy atom. The normalized spacial score (nSPS) is 25.3. The first-order valence-corrected chi connectivity index (χ1v) is 5.80. The number of phenols is 1. The van der Waals surface area contributed by atoms with E-state index < -0.39 is 23.2 Å². The Morgan fingerprint density at radius 3 is 2.67 bits per heavy atom. The molecule has 2 rings (SSSR count). The van der Waals surface area contributed by atoms with Crippen LogP contribution in [0.15, 0.2) is 18.2 Å². The molecule has 4 nitrogen and oxygen atoms in total. The molecule has 2 atom stereocenters.